The molecule has 20 heavy (non-hydrogen) atoms. The van der Waals surface area contributed by atoms with Crippen molar-refractivity contribution < 1.29 is 9.90 Å². The molecule has 0 saturated carbocycles. The number of carbonyl (C=O) groups excluding carboxylic acids is 1. The molecule has 0 bridgehead atoms. The second-order valence-electron chi connectivity index (χ2n) is 6.23. The topological polar surface area (TPSA) is 61.4 Å². The summed E-state index contributed by atoms with van der Waals surface area (Å²) in [6.45, 7) is 10.9. The van der Waals surface area contributed by atoms with Crippen molar-refractivity contribution in [3.63, 3.8) is 0 Å². The molecule has 1 aromatic heterocycles. The molecular weight excluding hydrogens is 272 g/mol. The van der Waals surface area contributed by atoms with E-state index in [1.807, 2.05) is 46.8 Å². The fourth-order valence-electron chi connectivity index (χ4n) is 2.13. The van der Waals surface area contributed by atoms with Crippen LogP contribution in [0, 0.1) is 18.3 Å². The summed E-state index contributed by atoms with van der Waals surface area (Å²) in [7, 11) is 0. The predicted octanol–water partition coefficient (Wildman–Crippen LogP) is 2.90. The highest BCUT2D eigenvalue weighted by Gasteiger charge is 2.30. The fourth-order valence-corrected chi connectivity index (χ4v) is 2.96. The summed E-state index contributed by atoms with van der Waals surface area (Å²) in [5.74, 6) is 0.170. The van der Waals surface area contributed by atoms with Gasteiger partial charge in [0.1, 0.15) is 0 Å². The smallest absolute Gasteiger partial charge is 0.315 e. The van der Waals surface area contributed by atoms with Gasteiger partial charge < -0.3 is 15.7 Å². The number of nitrogens with one attached hydrogen (secondary N) is 2. The standard InChI is InChI=1S/C15H26N2O2S/c1-10(2)13(18)15(4,5)9-17-14(19)16-8-12-7-6-11(3)20-12/h6-7,10,13,18H,8-9H2,1-5H3,(H2,16,17,19). The lowest BCUT2D eigenvalue weighted by atomic mass is 9.81. The van der Waals surface area contributed by atoms with Crippen LogP contribution in [0.4, 0.5) is 4.79 Å². The van der Waals surface area contributed by atoms with Gasteiger partial charge in [-0.1, -0.05) is 27.7 Å². The number of carbonyl (C=O) groups is 1. The number of aryl methyl sites for hydroxylation is 1. The first-order valence-corrected chi connectivity index (χ1v) is 7.79. The number of urea groups is 1. The Hall–Kier alpha value is -1.07. The van der Waals surface area contributed by atoms with Gasteiger partial charge in [-0.3, -0.25) is 0 Å². The lowest BCUT2D eigenvalue weighted by Crippen LogP contribution is -2.46. The van der Waals surface area contributed by atoms with Crippen LogP contribution in [0.2, 0.25) is 0 Å². The van der Waals surface area contributed by atoms with E-state index in [0.29, 0.717) is 13.1 Å². The van der Waals surface area contributed by atoms with Gasteiger partial charge in [0.2, 0.25) is 0 Å². The molecule has 0 aliphatic carbocycles. The lowest BCUT2D eigenvalue weighted by Gasteiger charge is -2.33. The maximum atomic E-state index is 11.8. The molecule has 1 unspecified atom stereocenters. The van der Waals surface area contributed by atoms with Gasteiger partial charge in [-0.15, -0.1) is 11.3 Å². The summed E-state index contributed by atoms with van der Waals surface area (Å²) in [5, 5.41) is 15.8. The van der Waals surface area contributed by atoms with Crippen molar-refractivity contribution in [3.05, 3.63) is 21.9 Å². The highest BCUT2D eigenvalue weighted by Crippen LogP contribution is 2.25. The maximum Gasteiger partial charge on any atom is 0.315 e. The Morgan fingerprint density at radius 2 is 2.00 bits per heavy atom. The summed E-state index contributed by atoms with van der Waals surface area (Å²) in [6.07, 6.45) is -0.442. The number of hydrogen-bond acceptors (Lipinski definition) is 3. The van der Waals surface area contributed by atoms with Crippen LogP contribution >= 0.6 is 11.3 Å². The Morgan fingerprint density at radius 3 is 2.50 bits per heavy atom. The minimum absolute atomic E-state index is 0.170. The van der Waals surface area contributed by atoms with Crippen LogP contribution in [0.5, 0.6) is 0 Å². The Labute approximate surface area is 125 Å². The first kappa shape index (κ1) is 17.0. The van der Waals surface area contributed by atoms with Crippen molar-refractivity contribution in [3.8, 4) is 0 Å². The first-order valence-electron chi connectivity index (χ1n) is 6.97. The summed E-state index contributed by atoms with van der Waals surface area (Å²) >= 11 is 1.68. The zero-order chi connectivity index (χ0) is 15.3. The second-order valence-corrected chi connectivity index (χ2v) is 7.60. The summed E-state index contributed by atoms with van der Waals surface area (Å²) < 4.78 is 0. The van der Waals surface area contributed by atoms with Crippen molar-refractivity contribution in [2.45, 2.75) is 47.3 Å². The van der Waals surface area contributed by atoms with E-state index in [1.54, 1.807) is 11.3 Å². The van der Waals surface area contributed by atoms with Crippen molar-refractivity contribution in [1.82, 2.24) is 10.6 Å². The Bertz CT molecular complexity index is 441. The van der Waals surface area contributed by atoms with Gasteiger partial charge in [-0.25, -0.2) is 4.79 Å². The molecule has 1 atom stereocenters. The van der Waals surface area contributed by atoms with E-state index in [4.69, 9.17) is 0 Å². The van der Waals surface area contributed by atoms with Crippen LogP contribution in [-0.2, 0) is 6.54 Å². The van der Waals surface area contributed by atoms with E-state index < -0.39 is 6.10 Å². The molecule has 2 amide bonds. The molecule has 0 radical (unpaired) electrons. The van der Waals surface area contributed by atoms with Crippen LogP contribution in [-0.4, -0.2) is 23.8 Å². The number of rotatable bonds is 6. The van der Waals surface area contributed by atoms with Crippen molar-refractivity contribution >= 4 is 17.4 Å². The van der Waals surface area contributed by atoms with Gasteiger partial charge in [-0.05, 0) is 25.0 Å². The summed E-state index contributed by atoms with van der Waals surface area (Å²) in [6, 6.07) is 3.87. The second kappa shape index (κ2) is 7.09. The maximum absolute atomic E-state index is 11.8. The Kier molecular flexibility index (Phi) is 6.02. The molecule has 5 heteroatoms. The molecule has 4 nitrogen and oxygen atoms in total. The molecule has 0 saturated heterocycles. The third-order valence-electron chi connectivity index (χ3n) is 3.36. The third kappa shape index (κ3) is 5.13. The number of hydrogen-bond donors (Lipinski definition) is 3. The van der Waals surface area contributed by atoms with Gasteiger partial charge in [0, 0.05) is 21.7 Å². The Balaban J connectivity index is 2.36. The van der Waals surface area contributed by atoms with E-state index in [0.717, 1.165) is 4.88 Å². The van der Waals surface area contributed by atoms with Crippen molar-refractivity contribution in [2.75, 3.05) is 6.54 Å². The van der Waals surface area contributed by atoms with E-state index in [1.165, 1.54) is 4.88 Å². The number of aliphatic hydroxyl groups excluding tert-OH is 1. The first-order chi connectivity index (χ1) is 9.22. The molecule has 0 aliphatic heterocycles. The molecule has 1 heterocycles. The van der Waals surface area contributed by atoms with E-state index in [9.17, 15) is 9.90 Å². The zero-order valence-electron chi connectivity index (χ0n) is 13.0. The average Bonchev–Trinajstić information content (AvgIpc) is 2.78. The zero-order valence-corrected chi connectivity index (χ0v) is 13.8. The molecule has 1 aromatic rings. The van der Waals surface area contributed by atoms with Crippen LogP contribution in [0.15, 0.2) is 12.1 Å². The normalized spacial score (nSPS) is 13.3. The SMILES string of the molecule is Cc1ccc(CNC(=O)NCC(C)(C)C(O)C(C)C)s1. The molecule has 114 valence electrons. The number of amides is 2. The van der Waals surface area contributed by atoms with Gasteiger partial charge in [0.05, 0.1) is 12.6 Å². The largest absolute Gasteiger partial charge is 0.392 e. The molecule has 1 rings (SSSR count). The van der Waals surface area contributed by atoms with Crippen LogP contribution < -0.4 is 10.6 Å². The minimum Gasteiger partial charge on any atom is -0.392 e. The predicted molar refractivity (Wildman–Crippen MR) is 83.9 cm³/mol. The average molecular weight is 298 g/mol. The molecule has 0 aromatic carbocycles. The number of thiophene rings is 1. The fraction of sp³-hybridized carbons (Fsp3) is 0.667. The molecule has 0 spiro atoms. The van der Waals surface area contributed by atoms with Gasteiger partial charge in [-0.2, -0.15) is 0 Å². The Morgan fingerprint density at radius 1 is 1.35 bits per heavy atom. The van der Waals surface area contributed by atoms with Crippen LogP contribution in [0.3, 0.4) is 0 Å². The molecular formula is C15H26N2O2S. The molecule has 3 N–H and O–H groups in total. The van der Waals surface area contributed by atoms with Crippen LogP contribution in [0.25, 0.3) is 0 Å². The quantitative estimate of drug-likeness (QED) is 0.756. The van der Waals surface area contributed by atoms with E-state index in [-0.39, 0.29) is 17.4 Å². The minimum atomic E-state index is -0.442. The van der Waals surface area contributed by atoms with Gasteiger partial charge in [0.25, 0.3) is 0 Å². The molecule has 0 aliphatic rings. The van der Waals surface area contributed by atoms with Crippen molar-refractivity contribution in [2.24, 2.45) is 11.3 Å². The highest BCUT2D eigenvalue weighted by molar-refractivity contribution is 7.11. The van der Waals surface area contributed by atoms with E-state index in [2.05, 4.69) is 10.6 Å². The van der Waals surface area contributed by atoms with Gasteiger partial charge >= 0.3 is 6.03 Å². The number of aliphatic hydroxyl groups is 1. The highest BCUT2D eigenvalue weighted by atomic mass is 32.1. The van der Waals surface area contributed by atoms with Crippen LogP contribution in [0.1, 0.15) is 37.4 Å². The van der Waals surface area contributed by atoms with E-state index >= 15 is 0 Å². The van der Waals surface area contributed by atoms with Gasteiger partial charge in [0.15, 0.2) is 0 Å². The molecule has 0 fully saturated rings. The third-order valence-corrected chi connectivity index (χ3v) is 4.36. The van der Waals surface area contributed by atoms with Crippen molar-refractivity contribution in [1.29, 1.82) is 0 Å². The summed E-state index contributed by atoms with van der Waals surface area (Å²) in [4.78, 5) is 14.1. The summed E-state index contributed by atoms with van der Waals surface area (Å²) in [5.41, 5.74) is -0.342. The lowest BCUT2D eigenvalue weighted by molar-refractivity contribution is 0.0151. The monoisotopic (exact) mass is 298 g/mol.